The topological polar surface area (TPSA) is 41.6 Å². The van der Waals surface area contributed by atoms with Crippen LogP contribution in [0.4, 0.5) is 5.69 Å². The molecule has 2 aromatic rings. The second-order valence-electron chi connectivity index (χ2n) is 5.55. The Morgan fingerprint density at radius 1 is 1.13 bits per heavy atom. The largest absolute Gasteiger partial charge is 0.495 e. The smallest absolute Gasteiger partial charge is 0.239 e. The number of amides is 1. The Hall–Kier alpha value is -2.49. The van der Waals surface area contributed by atoms with Crippen molar-refractivity contribution in [3.63, 3.8) is 0 Å². The molecule has 0 heterocycles. The molecule has 0 spiro atoms. The number of nitrogens with zero attached hydrogens (tertiary/aromatic N) is 1. The van der Waals surface area contributed by atoms with E-state index in [9.17, 15) is 4.79 Å². The van der Waals surface area contributed by atoms with Gasteiger partial charge in [0.05, 0.1) is 19.3 Å². The molecular weight excluding hydrogens is 288 g/mol. The van der Waals surface area contributed by atoms with E-state index in [0.717, 1.165) is 17.9 Å². The molecule has 0 saturated heterocycles. The molecule has 122 valence electrons. The van der Waals surface area contributed by atoms with Crippen molar-refractivity contribution < 1.29 is 9.53 Å². The summed E-state index contributed by atoms with van der Waals surface area (Å²) >= 11 is 0. The number of hydrogen-bond acceptors (Lipinski definition) is 3. The first-order chi connectivity index (χ1) is 11.1. The Kier molecular flexibility index (Phi) is 6.03. The molecule has 2 rings (SSSR count). The number of likely N-dealkylation sites (N-methyl/N-ethyl adjacent to an activating group) is 1. The number of benzene rings is 2. The fraction of sp³-hybridized carbons (Fsp3) is 0.316. The third-order valence-corrected chi connectivity index (χ3v) is 3.85. The van der Waals surface area contributed by atoms with E-state index in [0.29, 0.717) is 13.1 Å². The highest BCUT2D eigenvalue weighted by Crippen LogP contribution is 2.26. The van der Waals surface area contributed by atoms with E-state index >= 15 is 0 Å². The number of anilines is 1. The molecule has 0 aliphatic heterocycles. The molecule has 0 bridgehead atoms. The molecule has 2 aromatic carbocycles. The van der Waals surface area contributed by atoms with E-state index in [1.165, 1.54) is 11.1 Å². The van der Waals surface area contributed by atoms with E-state index in [4.69, 9.17) is 4.74 Å². The average molecular weight is 312 g/mol. The van der Waals surface area contributed by atoms with Crippen molar-refractivity contribution in [1.29, 1.82) is 0 Å². The molecule has 0 radical (unpaired) electrons. The Morgan fingerprint density at radius 3 is 2.57 bits per heavy atom. The van der Waals surface area contributed by atoms with Crippen molar-refractivity contribution >= 4 is 11.6 Å². The summed E-state index contributed by atoms with van der Waals surface area (Å²) in [7, 11) is 3.52. The van der Waals surface area contributed by atoms with Crippen molar-refractivity contribution in [2.24, 2.45) is 0 Å². The van der Waals surface area contributed by atoms with Crippen LogP contribution in [0.25, 0.3) is 0 Å². The van der Waals surface area contributed by atoms with Gasteiger partial charge in [0.15, 0.2) is 0 Å². The van der Waals surface area contributed by atoms with Crippen LogP contribution < -0.4 is 15.0 Å². The maximum absolute atomic E-state index is 12.1. The van der Waals surface area contributed by atoms with Gasteiger partial charge in [0.2, 0.25) is 5.91 Å². The summed E-state index contributed by atoms with van der Waals surface area (Å²) < 4.78 is 5.33. The minimum absolute atomic E-state index is 0.00647. The molecule has 1 N–H and O–H groups in total. The second-order valence-corrected chi connectivity index (χ2v) is 5.55. The Balaban J connectivity index is 1.84. The van der Waals surface area contributed by atoms with Gasteiger partial charge in [0.25, 0.3) is 0 Å². The molecule has 1 amide bonds. The molecular formula is C19H24N2O2. The Bertz CT molecular complexity index is 655. The molecule has 4 heteroatoms. The van der Waals surface area contributed by atoms with Crippen LogP contribution in [0.3, 0.4) is 0 Å². The van der Waals surface area contributed by atoms with E-state index in [-0.39, 0.29) is 5.91 Å². The third kappa shape index (κ3) is 4.74. The number of methoxy groups -OCH3 is 1. The summed E-state index contributed by atoms with van der Waals surface area (Å²) in [5.74, 6) is 0.773. The molecule has 0 atom stereocenters. The summed E-state index contributed by atoms with van der Waals surface area (Å²) in [4.78, 5) is 14.0. The summed E-state index contributed by atoms with van der Waals surface area (Å²) in [5, 5.41) is 2.98. The molecule has 0 aliphatic carbocycles. The van der Waals surface area contributed by atoms with Crippen LogP contribution in [-0.4, -0.2) is 33.2 Å². The highest BCUT2D eigenvalue weighted by molar-refractivity contribution is 5.81. The minimum atomic E-state index is 0.00647. The number of nitrogens with one attached hydrogen (secondary N) is 1. The predicted molar refractivity (Wildman–Crippen MR) is 94.2 cm³/mol. The first-order valence-corrected chi connectivity index (χ1v) is 7.77. The van der Waals surface area contributed by atoms with Gasteiger partial charge in [0, 0.05) is 13.6 Å². The van der Waals surface area contributed by atoms with Crippen molar-refractivity contribution in [3.05, 3.63) is 59.7 Å². The lowest BCUT2D eigenvalue weighted by molar-refractivity contribution is -0.119. The standard InChI is InChI=1S/C19H24N2O2/c1-15-8-4-5-9-16(15)12-13-20-19(22)14-21(2)17-10-6-7-11-18(17)23-3/h4-11H,12-14H2,1-3H3,(H,20,22). The minimum Gasteiger partial charge on any atom is -0.495 e. The van der Waals surface area contributed by atoms with Gasteiger partial charge in [-0.25, -0.2) is 0 Å². The number of carbonyl (C=O) groups is 1. The van der Waals surface area contributed by atoms with Crippen molar-refractivity contribution in [3.8, 4) is 5.75 Å². The van der Waals surface area contributed by atoms with Crippen molar-refractivity contribution in [1.82, 2.24) is 5.32 Å². The van der Waals surface area contributed by atoms with Crippen molar-refractivity contribution in [2.75, 3.05) is 32.1 Å². The van der Waals surface area contributed by atoms with Crippen LogP contribution >= 0.6 is 0 Å². The zero-order chi connectivity index (χ0) is 16.7. The first-order valence-electron chi connectivity index (χ1n) is 7.77. The molecule has 0 aromatic heterocycles. The van der Waals surface area contributed by atoms with Crippen LogP contribution in [0.2, 0.25) is 0 Å². The van der Waals surface area contributed by atoms with E-state index < -0.39 is 0 Å². The molecule has 4 nitrogen and oxygen atoms in total. The van der Waals surface area contributed by atoms with Gasteiger partial charge < -0.3 is 15.0 Å². The summed E-state index contributed by atoms with van der Waals surface area (Å²) in [5.41, 5.74) is 3.43. The Morgan fingerprint density at radius 2 is 1.83 bits per heavy atom. The summed E-state index contributed by atoms with van der Waals surface area (Å²) in [6.45, 7) is 3.03. The zero-order valence-electron chi connectivity index (χ0n) is 14.0. The molecule has 0 saturated carbocycles. The van der Waals surface area contributed by atoms with Crippen LogP contribution in [-0.2, 0) is 11.2 Å². The monoisotopic (exact) mass is 312 g/mol. The molecule has 0 aliphatic rings. The van der Waals surface area contributed by atoms with Gasteiger partial charge in [-0.05, 0) is 36.6 Å². The summed E-state index contributed by atoms with van der Waals surface area (Å²) in [6.07, 6.45) is 0.844. The SMILES string of the molecule is COc1ccccc1N(C)CC(=O)NCCc1ccccc1C. The normalized spacial score (nSPS) is 10.2. The molecule has 0 unspecified atom stereocenters. The number of hydrogen-bond donors (Lipinski definition) is 1. The number of ether oxygens (including phenoxy) is 1. The van der Waals surface area contributed by atoms with Gasteiger partial charge >= 0.3 is 0 Å². The van der Waals surface area contributed by atoms with Gasteiger partial charge in [-0.3, -0.25) is 4.79 Å². The van der Waals surface area contributed by atoms with Crippen LogP contribution in [0.15, 0.2) is 48.5 Å². The lowest BCUT2D eigenvalue weighted by Crippen LogP contribution is -2.36. The fourth-order valence-corrected chi connectivity index (χ4v) is 2.53. The van der Waals surface area contributed by atoms with Gasteiger partial charge in [-0.1, -0.05) is 36.4 Å². The quantitative estimate of drug-likeness (QED) is 0.855. The highest BCUT2D eigenvalue weighted by Gasteiger charge is 2.11. The predicted octanol–water partition coefficient (Wildman–Crippen LogP) is 2.80. The third-order valence-electron chi connectivity index (χ3n) is 3.85. The van der Waals surface area contributed by atoms with Crippen LogP contribution in [0, 0.1) is 6.92 Å². The maximum atomic E-state index is 12.1. The molecule has 0 fully saturated rings. The number of aryl methyl sites for hydroxylation is 1. The Labute approximate surface area is 138 Å². The lowest BCUT2D eigenvalue weighted by Gasteiger charge is -2.21. The molecule has 23 heavy (non-hydrogen) atoms. The van der Waals surface area contributed by atoms with E-state index in [2.05, 4.69) is 24.4 Å². The van der Waals surface area contributed by atoms with Crippen LogP contribution in [0.1, 0.15) is 11.1 Å². The van der Waals surface area contributed by atoms with Crippen LogP contribution in [0.5, 0.6) is 5.75 Å². The van der Waals surface area contributed by atoms with E-state index in [1.54, 1.807) is 7.11 Å². The van der Waals surface area contributed by atoms with E-state index in [1.807, 2.05) is 48.3 Å². The average Bonchev–Trinajstić information content (AvgIpc) is 2.56. The summed E-state index contributed by atoms with van der Waals surface area (Å²) in [6, 6.07) is 15.9. The zero-order valence-corrected chi connectivity index (χ0v) is 14.0. The van der Waals surface area contributed by atoms with Gasteiger partial charge in [-0.15, -0.1) is 0 Å². The number of para-hydroxylation sites is 2. The van der Waals surface area contributed by atoms with Gasteiger partial charge in [-0.2, -0.15) is 0 Å². The second kappa shape index (κ2) is 8.22. The lowest BCUT2D eigenvalue weighted by atomic mass is 10.1. The fourth-order valence-electron chi connectivity index (χ4n) is 2.53. The first kappa shape index (κ1) is 16.9. The number of rotatable bonds is 7. The number of carbonyl (C=O) groups excluding carboxylic acids is 1. The highest BCUT2D eigenvalue weighted by atomic mass is 16.5. The van der Waals surface area contributed by atoms with Crippen molar-refractivity contribution in [2.45, 2.75) is 13.3 Å². The van der Waals surface area contributed by atoms with Gasteiger partial charge in [0.1, 0.15) is 5.75 Å². The maximum Gasteiger partial charge on any atom is 0.239 e.